The summed E-state index contributed by atoms with van der Waals surface area (Å²) in [5.41, 5.74) is 6.62. The molecular weight excluding hydrogens is 218 g/mol. The Morgan fingerprint density at radius 3 is 2.47 bits per heavy atom. The first-order valence-electron chi connectivity index (χ1n) is 5.94. The molecule has 0 amide bonds. The van der Waals surface area contributed by atoms with Crippen molar-refractivity contribution < 1.29 is 14.2 Å². The third kappa shape index (κ3) is 5.68. The Morgan fingerprint density at radius 1 is 1.00 bits per heavy atom. The Bertz CT molecular complexity index is 304. The Kier molecular flexibility index (Phi) is 7.38. The zero-order valence-corrected chi connectivity index (χ0v) is 10.4. The summed E-state index contributed by atoms with van der Waals surface area (Å²) < 4.78 is 16.1. The molecule has 4 nitrogen and oxygen atoms in total. The fourth-order valence-electron chi connectivity index (χ4n) is 1.39. The third-order valence-electron chi connectivity index (χ3n) is 2.25. The SMILES string of the molecule is CCOCCOCCOc1ccccc1CN. The maximum Gasteiger partial charge on any atom is 0.123 e. The van der Waals surface area contributed by atoms with Crippen LogP contribution >= 0.6 is 0 Å². The van der Waals surface area contributed by atoms with E-state index < -0.39 is 0 Å². The van der Waals surface area contributed by atoms with Crippen molar-refractivity contribution in [1.82, 2.24) is 0 Å². The minimum atomic E-state index is 0.487. The van der Waals surface area contributed by atoms with Gasteiger partial charge in [-0.05, 0) is 13.0 Å². The molecule has 0 saturated heterocycles. The van der Waals surface area contributed by atoms with E-state index in [-0.39, 0.29) is 0 Å². The van der Waals surface area contributed by atoms with Crippen molar-refractivity contribution >= 4 is 0 Å². The number of nitrogens with two attached hydrogens (primary N) is 1. The molecule has 1 aromatic carbocycles. The van der Waals surface area contributed by atoms with Crippen LogP contribution in [-0.2, 0) is 16.0 Å². The van der Waals surface area contributed by atoms with Gasteiger partial charge >= 0.3 is 0 Å². The summed E-state index contributed by atoms with van der Waals surface area (Å²) in [7, 11) is 0. The van der Waals surface area contributed by atoms with Crippen molar-refractivity contribution in [2.45, 2.75) is 13.5 Å². The number of rotatable bonds is 9. The zero-order chi connectivity index (χ0) is 12.3. The van der Waals surface area contributed by atoms with Crippen LogP contribution in [0.3, 0.4) is 0 Å². The van der Waals surface area contributed by atoms with E-state index in [4.69, 9.17) is 19.9 Å². The van der Waals surface area contributed by atoms with Crippen molar-refractivity contribution in [3.05, 3.63) is 29.8 Å². The van der Waals surface area contributed by atoms with Crippen molar-refractivity contribution in [3.8, 4) is 5.75 Å². The molecule has 1 aromatic rings. The van der Waals surface area contributed by atoms with Crippen LogP contribution in [0, 0.1) is 0 Å². The van der Waals surface area contributed by atoms with E-state index >= 15 is 0 Å². The normalized spacial score (nSPS) is 10.5. The summed E-state index contributed by atoms with van der Waals surface area (Å²) >= 11 is 0. The van der Waals surface area contributed by atoms with Gasteiger partial charge < -0.3 is 19.9 Å². The first-order valence-corrected chi connectivity index (χ1v) is 5.94. The molecule has 0 bridgehead atoms. The van der Waals surface area contributed by atoms with Crippen LogP contribution in [0.5, 0.6) is 5.75 Å². The predicted octanol–water partition coefficient (Wildman–Crippen LogP) is 1.58. The molecule has 0 heterocycles. The lowest BCUT2D eigenvalue weighted by Crippen LogP contribution is -2.11. The highest BCUT2D eigenvalue weighted by molar-refractivity contribution is 5.32. The van der Waals surface area contributed by atoms with Crippen molar-refractivity contribution in [2.75, 3.05) is 33.0 Å². The van der Waals surface area contributed by atoms with Gasteiger partial charge in [-0.2, -0.15) is 0 Å². The van der Waals surface area contributed by atoms with Gasteiger partial charge in [0, 0.05) is 18.7 Å². The Morgan fingerprint density at radius 2 is 1.71 bits per heavy atom. The topological polar surface area (TPSA) is 53.7 Å². The van der Waals surface area contributed by atoms with E-state index in [1.165, 1.54) is 0 Å². The van der Waals surface area contributed by atoms with E-state index in [2.05, 4.69) is 0 Å². The molecule has 0 aliphatic carbocycles. The molecule has 0 aliphatic heterocycles. The smallest absolute Gasteiger partial charge is 0.123 e. The van der Waals surface area contributed by atoms with Gasteiger partial charge in [0.15, 0.2) is 0 Å². The van der Waals surface area contributed by atoms with Gasteiger partial charge in [-0.25, -0.2) is 0 Å². The average molecular weight is 239 g/mol. The number of ether oxygens (including phenoxy) is 3. The van der Waals surface area contributed by atoms with E-state index in [0.717, 1.165) is 17.9 Å². The Labute approximate surface area is 103 Å². The third-order valence-corrected chi connectivity index (χ3v) is 2.25. The predicted molar refractivity (Wildman–Crippen MR) is 67.1 cm³/mol. The highest BCUT2D eigenvalue weighted by Crippen LogP contribution is 2.16. The minimum Gasteiger partial charge on any atom is -0.491 e. The Balaban J connectivity index is 2.13. The van der Waals surface area contributed by atoms with Crippen LogP contribution in [-0.4, -0.2) is 33.0 Å². The van der Waals surface area contributed by atoms with Crippen molar-refractivity contribution in [2.24, 2.45) is 5.73 Å². The molecule has 0 unspecified atom stereocenters. The molecule has 0 aliphatic rings. The number of para-hydroxylation sites is 1. The molecule has 0 radical (unpaired) electrons. The van der Waals surface area contributed by atoms with Gasteiger partial charge in [0.2, 0.25) is 0 Å². The largest absolute Gasteiger partial charge is 0.491 e. The molecule has 96 valence electrons. The lowest BCUT2D eigenvalue weighted by molar-refractivity contribution is 0.0404. The van der Waals surface area contributed by atoms with Gasteiger partial charge in [-0.1, -0.05) is 18.2 Å². The second-order valence-corrected chi connectivity index (χ2v) is 3.47. The standard InChI is InChI=1S/C13H21NO3/c1-2-15-7-8-16-9-10-17-13-6-4-3-5-12(13)11-14/h3-6H,2,7-11,14H2,1H3. The monoisotopic (exact) mass is 239 g/mol. The fourth-order valence-corrected chi connectivity index (χ4v) is 1.39. The number of benzene rings is 1. The summed E-state index contributed by atoms with van der Waals surface area (Å²) in [6, 6.07) is 7.77. The molecule has 4 heteroatoms. The van der Waals surface area contributed by atoms with E-state index in [0.29, 0.717) is 33.0 Å². The second-order valence-electron chi connectivity index (χ2n) is 3.47. The maximum absolute atomic E-state index is 5.61. The lowest BCUT2D eigenvalue weighted by Gasteiger charge is -2.10. The summed E-state index contributed by atoms with van der Waals surface area (Å²) in [5, 5.41) is 0. The van der Waals surface area contributed by atoms with Gasteiger partial charge in [0.25, 0.3) is 0 Å². The quantitative estimate of drug-likeness (QED) is 0.665. The van der Waals surface area contributed by atoms with Crippen LogP contribution < -0.4 is 10.5 Å². The van der Waals surface area contributed by atoms with Crippen LogP contribution in [0.2, 0.25) is 0 Å². The minimum absolute atomic E-state index is 0.487. The molecule has 0 aromatic heterocycles. The maximum atomic E-state index is 5.61. The fraction of sp³-hybridized carbons (Fsp3) is 0.538. The molecule has 2 N–H and O–H groups in total. The molecular formula is C13H21NO3. The molecule has 0 fully saturated rings. The zero-order valence-electron chi connectivity index (χ0n) is 10.4. The molecule has 0 atom stereocenters. The Hall–Kier alpha value is -1.10. The van der Waals surface area contributed by atoms with Gasteiger partial charge in [-0.3, -0.25) is 0 Å². The van der Waals surface area contributed by atoms with Crippen LogP contribution in [0.25, 0.3) is 0 Å². The lowest BCUT2D eigenvalue weighted by atomic mass is 10.2. The molecule has 1 rings (SSSR count). The van der Waals surface area contributed by atoms with Crippen LogP contribution in [0.4, 0.5) is 0 Å². The van der Waals surface area contributed by atoms with E-state index in [1.807, 2.05) is 31.2 Å². The number of hydrogen-bond acceptors (Lipinski definition) is 4. The molecule has 0 saturated carbocycles. The van der Waals surface area contributed by atoms with Crippen molar-refractivity contribution in [1.29, 1.82) is 0 Å². The summed E-state index contributed by atoms with van der Waals surface area (Å²) in [6.45, 7) is 5.51. The summed E-state index contributed by atoms with van der Waals surface area (Å²) in [6.07, 6.45) is 0. The first-order chi connectivity index (χ1) is 8.38. The second kappa shape index (κ2) is 8.98. The van der Waals surface area contributed by atoms with Crippen molar-refractivity contribution in [3.63, 3.8) is 0 Å². The van der Waals surface area contributed by atoms with E-state index in [1.54, 1.807) is 0 Å². The summed E-state index contributed by atoms with van der Waals surface area (Å²) in [5.74, 6) is 0.836. The van der Waals surface area contributed by atoms with Gasteiger partial charge in [0.05, 0.1) is 19.8 Å². The average Bonchev–Trinajstić information content (AvgIpc) is 2.38. The van der Waals surface area contributed by atoms with Gasteiger partial charge in [0.1, 0.15) is 12.4 Å². The van der Waals surface area contributed by atoms with Crippen LogP contribution in [0.1, 0.15) is 12.5 Å². The number of hydrogen-bond donors (Lipinski definition) is 1. The van der Waals surface area contributed by atoms with E-state index in [9.17, 15) is 0 Å². The highest BCUT2D eigenvalue weighted by atomic mass is 16.5. The molecule has 0 spiro atoms. The molecule has 17 heavy (non-hydrogen) atoms. The summed E-state index contributed by atoms with van der Waals surface area (Å²) in [4.78, 5) is 0. The van der Waals surface area contributed by atoms with Crippen LogP contribution in [0.15, 0.2) is 24.3 Å². The highest BCUT2D eigenvalue weighted by Gasteiger charge is 2.00. The van der Waals surface area contributed by atoms with Gasteiger partial charge in [-0.15, -0.1) is 0 Å². The first kappa shape index (κ1) is 14.0.